The highest BCUT2D eigenvalue weighted by Gasteiger charge is 2.20. The molecule has 0 aliphatic carbocycles. The van der Waals surface area contributed by atoms with E-state index in [1.165, 1.54) is 28.1 Å². The van der Waals surface area contributed by atoms with Crippen LogP contribution in [0.1, 0.15) is 18.4 Å². The van der Waals surface area contributed by atoms with E-state index in [0.29, 0.717) is 5.95 Å². The molecule has 150 valence electrons. The molecule has 5 nitrogen and oxygen atoms in total. The third-order valence-corrected chi connectivity index (χ3v) is 6.55. The van der Waals surface area contributed by atoms with Crippen molar-refractivity contribution in [2.45, 2.75) is 25.4 Å². The number of nitrogens with zero attached hydrogens (tertiary/aromatic N) is 4. The molecule has 0 radical (unpaired) electrons. The van der Waals surface area contributed by atoms with E-state index in [4.69, 9.17) is 4.98 Å². The highest BCUT2D eigenvalue weighted by Crippen LogP contribution is 2.23. The van der Waals surface area contributed by atoms with Gasteiger partial charge in [0, 0.05) is 24.5 Å². The topological polar surface area (TPSA) is 44.3 Å². The van der Waals surface area contributed by atoms with Crippen molar-refractivity contribution in [2.24, 2.45) is 0 Å². The zero-order chi connectivity index (χ0) is 20.2. The maximum Gasteiger partial charge on any atom is 0.227 e. The number of benzene rings is 1. The van der Waals surface area contributed by atoms with Crippen LogP contribution in [-0.2, 0) is 6.54 Å². The molecule has 3 heterocycles. The highest BCUT2D eigenvalue weighted by molar-refractivity contribution is 7.23. The Hall–Kier alpha value is -2.22. The van der Waals surface area contributed by atoms with Crippen LogP contribution in [0.3, 0.4) is 0 Å². The first-order chi connectivity index (χ1) is 14.1. The van der Waals surface area contributed by atoms with Gasteiger partial charge in [-0.1, -0.05) is 18.2 Å². The Morgan fingerprint density at radius 3 is 2.72 bits per heavy atom. The van der Waals surface area contributed by atoms with Crippen molar-refractivity contribution in [1.29, 1.82) is 0 Å². The van der Waals surface area contributed by atoms with Crippen molar-refractivity contribution in [1.82, 2.24) is 19.8 Å². The third-order valence-electron chi connectivity index (χ3n) is 5.53. The molecule has 1 N–H and O–H groups in total. The van der Waals surface area contributed by atoms with E-state index in [2.05, 4.69) is 78.4 Å². The van der Waals surface area contributed by atoms with Gasteiger partial charge in [-0.3, -0.25) is 4.90 Å². The van der Waals surface area contributed by atoms with Gasteiger partial charge in [-0.05, 0) is 74.6 Å². The van der Waals surface area contributed by atoms with Crippen LogP contribution in [0.2, 0.25) is 0 Å². The average molecular weight is 405 g/mol. The lowest BCUT2D eigenvalue weighted by Gasteiger charge is -2.35. The van der Waals surface area contributed by atoms with Crippen LogP contribution >= 0.6 is 11.3 Å². The molecule has 1 saturated heterocycles. The molecule has 1 fully saturated rings. The molecular weight excluding hydrogens is 377 g/mol. The quantitative estimate of drug-likeness (QED) is 0.639. The number of hydrogen-bond donors (Lipinski definition) is 1. The molecule has 29 heavy (non-hydrogen) atoms. The number of likely N-dealkylation sites (tertiary alicyclic amines) is 1. The van der Waals surface area contributed by atoms with Crippen molar-refractivity contribution in [3.63, 3.8) is 0 Å². The van der Waals surface area contributed by atoms with E-state index in [0.717, 1.165) is 37.1 Å². The molecule has 7 heteroatoms. The predicted octanol–water partition coefficient (Wildman–Crippen LogP) is 2.73. The fourth-order valence-electron chi connectivity index (χ4n) is 3.86. The molecule has 1 aromatic carbocycles. The van der Waals surface area contributed by atoms with Crippen molar-refractivity contribution in [3.05, 3.63) is 54.2 Å². The molecule has 0 unspecified atom stereocenters. The number of aromatic nitrogens is 2. The molecular formula is C22H28BN5S. The van der Waals surface area contributed by atoms with Gasteiger partial charge in [0.1, 0.15) is 0 Å². The summed E-state index contributed by atoms with van der Waals surface area (Å²) >= 11 is 1.75. The van der Waals surface area contributed by atoms with E-state index in [1.54, 1.807) is 11.3 Å². The van der Waals surface area contributed by atoms with Gasteiger partial charge >= 0.3 is 0 Å². The first kappa shape index (κ1) is 20.1. The Labute approximate surface area is 178 Å². The molecule has 0 bridgehead atoms. The second kappa shape index (κ2) is 9.07. The molecule has 1 aliphatic heterocycles. The maximum absolute atomic E-state index is 4.69. The second-order valence-corrected chi connectivity index (χ2v) is 9.26. The molecule has 1 aliphatic rings. The van der Waals surface area contributed by atoms with Crippen molar-refractivity contribution >= 4 is 35.6 Å². The third kappa shape index (κ3) is 5.24. The summed E-state index contributed by atoms with van der Waals surface area (Å²) in [6, 6.07) is 15.5. The zero-order valence-corrected chi connectivity index (χ0v) is 18.2. The Kier molecular flexibility index (Phi) is 6.28. The fourth-order valence-corrected chi connectivity index (χ4v) is 4.69. The van der Waals surface area contributed by atoms with E-state index in [9.17, 15) is 0 Å². The van der Waals surface area contributed by atoms with Crippen LogP contribution in [0.15, 0.2) is 48.7 Å². The predicted molar refractivity (Wildman–Crippen MR) is 125 cm³/mol. The molecule has 2 aromatic heterocycles. The minimum Gasteiger partial charge on any atom is -0.324 e. The largest absolute Gasteiger partial charge is 0.324 e. The summed E-state index contributed by atoms with van der Waals surface area (Å²) in [5.41, 5.74) is 3.31. The number of rotatable bonds is 6. The van der Waals surface area contributed by atoms with Gasteiger partial charge in [-0.25, -0.2) is 9.97 Å². The summed E-state index contributed by atoms with van der Waals surface area (Å²) in [5.74, 6) is 0.637. The Balaban J connectivity index is 1.41. The van der Waals surface area contributed by atoms with Crippen LogP contribution in [0.25, 0.3) is 10.6 Å². The van der Waals surface area contributed by atoms with Crippen LogP contribution in [0.5, 0.6) is 0 Å². The standard InChI is InChI=1S/C22H28BN5S/c1-27(2)18-9-12-28(13-10-18)15-16-4-3-5-17(14-16)25-22-24-11-8-19(26-22)20-6-7-21(23)29-20/h3-8,11,14,18H,9-10,12-13,15,23H2,1-2H3,(H,24,25,26). The van der Waals surface area contributed by atoms with Gasteiger partial charge in [0.25, 0.3) is 0 Å². The summed E-state index contributed by atoms with van der Waals surface area (Å²) in [7, 11) is 6.49. The normalized spacial score (nSPS) is 15.7. The number of hydrogen-bond acceptors (Lipinski definition) is 6. The Morgan fingerprint density at radius 1 is 1.17 bits per heavy atom. The Morgan fingerprint density at radius 2 is 2.00 bits per heavy atom. The lowest BCUT2D eigenvalue weighted by Crippen LogP contribution is -2.41. The molecule has 0 spiro atoms. The minimum atomic E-state index is 0.637. The summed E-state index contributed by atoms with van der Waals surface area (Å²) < 4.78 is 1.29. The SMILES string of the molecule is Bc1ccc(-c2ccnc(Nc3cccc(CN4CCC(N(C)C)CC4)c3)n2)s1. The summed E-state index contributed by atoms with van der Waals surface area (Å²) in [6.45, 7) is 3.31. The molecule has 0 amide bonds. The van der Waals surface area contributed by atoms with Gasteiger partial charge in [0.2, 0.25) is 5.95 Å². The molecule has 0 saturated carbocycles. The van der Waals surface area contributed by atoms with Gasteiger partial charge in [-0.2, -0.15) is 0 Å². The number of anilines is 2. The molecule has 3 aromatic rings. The second-order valence-electron chi connectivity index (χ2n) is 7.97. The van der Waals surface area contributed by atoms with Crippen molar-refractivity contribution in [2.75, 3.05) is 32.5 Å². The van der Waals surface area contributed by atoms with Crippen LogP contribution in [0.4, 0.5) is 11.6 Å². The van der Waals surface area contributed by atoms with Crippen LogP contribution in [-0.4, -0.2) is 60.8 Å². The van der Waals surface area contributed by atoms with Gasteiger partial charge < -0.3 is 10.2 Å². The first-order valence-electron chi connectivity index (χ1n) is 10.2. The fraction of sp³-hybridized carbons (Fsp3) is 0.364. The zero-order valence-electron chi connectivity index (χ0n) is 17.4. The number of thiophene rings is 1. The van der Waals surface area contributed by atoms with E-state index in [-0.39, 0.29) is 0 Å². The smallest absolute Gasteiger partial charge is 0.227 e. The highest BCUT2D eigenvalue weighted by atomic mass is 32.1. The van der Waals surface area contributed by atoms with E-state index in [1.807, 2.05) is 12.3 Å². The number of nitrogens with one attached hydrogen (secondary N) is 1. The van der Waals surface area contributed by atoms with E-state index >= 15 is 0 Å². The van der Waals surface area contributed by atoms with Crippen molar-refractivity contribution in [3.8, 4) is 10.6 Å². The Bertz CT molecular complexity index is 950. The lowest BCUT2D eigenvalue weighted by molar-refractivity contribution is 0.140. The molecule has 0 atom stereocenters. The molecule has 4 rings (SSSR count). The first-order valence-corrected chi connectivity index (χ1v) is 11.0. The monoisotopic (exact) mass is 405 g/mol. The summed E-state index contributed by atoms with van der Waals surface area (Å²) in [5, 5.41) is 3.38. The van der Waals surface area contributed by atoms with Crippen LogP contribution < -0.4 is 10.1 Å². The summed E-state index contributed by atoms with van der Waals surface area (Å²) in [6.07, 6.45) is 4.31. The van der Waals surface area contributed by atoms with Crippen molar-refractivity contribution < 1.29 is 0 Å². The minimum absolute atomic E-state index is 0.637. The maximum atomic E-state index is 4.69. The average Bonchev–Trinajstić information content (AvgIpc) is 3.15. The van der Waals surface area contributed by atoms with Gasteiger partial charge in [0.15, 0.2) is 7.85 Å². The van der Waals surface area contributed by atoms with E-state index < -0.39 is 0 Å². The summed E-state index contributed by atoms with van der Waals surface area (Å²) in [4.78, 5) is 15.2. The van der Waals surface area contributed by atoms with Gasteiger partial charge in [0.05, 0.1) is 10.6 Å². The lowest BCUT2D eigenvalue weighted by atomic mass is 10.0. The van der Waals surface area contributed by atoms with Gasteiger partial charge in [-0.15, -0.1) is 11.3 Å². The number of piperidine rings is 1. The van der Waals surface area contributed by atoms with Crippen LogP contribution in [0, 0.1) is 0 Å².